The van der Waals surface area contributed by atoms with E-state index in [4.69, 9.17) is 4.74 Å². The summed E-state index contributed by atoms with van der Waals surface area (Å²) in [6.07, 6.45) is 6.91. The molecule has 0 bridgehead atoms. The molecule has 0 aromatic heterocycles. The number of aryl methyl sites for hydroxylation is 2. The molecular formula is C32H44N6O3S. The minimum absolute atomic E-state index is 0.0709. The molecule has 1 amide bonds. The Hall–Kier alpha value is -2.26. The number of likely N-dealkylation sites (tertiary alicyclic amines) is 1. The van der Waals surface area contributed by atoms with Gasteiger partial charge >= 0.3 is 0 Å². The lowest BCUT2D eigenvalue weighted by atomic mass is 9.72. The van der Waals surface area contributed by atoms with Crippen molar-refractivity contribution in [1.82, 2.24) is 25.3 Å². The van der Waals surface area contributed by atoms with Crippen molar-refractivity contribution in [1.29, 1.82) is 5.26 Å². The topological polar surface area (TPSA) is 101 Å². The van der Waals surface area contributed by atoms with Gasteiger partial charge in [-0.1, -0.05) is 24.3 Å². The second kappa shape index (κ2) is 12.4. The van der Waals surface area contributed by atoms with E-state index in [2.05, 4.69) is 65.3 Å². The van der Waals surface area contributed by atoms with Crippen molar-refractivity contribution >= 4 is 23.5 Å². The normalized spacial score (nSPS) is 35.5. The number of carbonyl (C=O) groups is 2. The summed E-state index contributed by atoms with van der Waals surface area (Å²) in [7, 11) is 2.15. The van der Waals surface area contributed by atoms with Crippen molar-refractivity contribution in [3.05, 3.63) is 42.0 Å². The number of amides is 1. The summed E-state index contributed by atoms with van der Waals surface area (Å²) in [5.41, 5.74) is 2.62. The number of rotatable bonds is 6. The number of carbonyl (C=O) groups excluding carboxylic acids is 2. The van der Waals surface area contributed by atoms with Crippen molar-refractivity contribution in [2.75, 3.05) is 39.8 Å². The van der Waals surface area contributed by atoms with E-state index in [1.165, 1.54) is 28.5 Å². The van der Waals surface area contributed by atoms with Crippen LogP contribution >= 0.6 is 11.8 Å². The first-order valence-corrected chi connectivity index (χ1v) is 16.3. The number of benzene rings is 1. The van der Waals surface area contributed by atoms with Gasteiger partial charge in [-0.25, -0.2) is 0 Å². The quantitative estimate of drug-likeness (QED) is 0.483. The van der Waals surface area contributed by atoms with Crippen molar-refractivity contribution in [3.63, 3.8) is 0 Å². The van der Waals surface area contributed by atoms with Gasteiger partial charge in [0.25, 0.3) is 0 Å². The van der Waals surface area contributed by atoms with Crippen LogP contribution in [0.2, 0.25) is 0 Å². The number of hydrogen-bond donors (Lipinski definition) is 2. The van der Waals surface area contributed by atoms with E-state index >= 15 is 0 Å². The molecule has 4 aliphatic heterocycles. The van der Waals surface area contributed by atoms with Crippen LogP contribution < -0.4 is 10.6 Å². The van der Waals surface area contributed by atoms with Crippen LogP contribution in [-0.4, -0.2) is 102 Å². The molecule has 1 spiro atoms. The summed E-state index contributed by atoms with van der Waals surface area (Å²) in [6, 6.07) is 8.73. The molecular weight excluding hydrogens is 548 g/mol. The fraction of sp³-hybridized carbons (Fsp3) is 0.656. The predicted octanol–water partition coefficient (Wildman–Crippen LogP) is 2.65. The van der Waals surface area contributed by atoms with E-state index in [1.807, 2.05) is 0 Å². The van der Waals surface area contributed by atoms with E-state index in [9.17, 15) is 14.9 Å². The van der Waals surface area contributed by atoms with E-state index in [1.54, 1.807) is 16.7 Å². The average molecular weight is 593 g/mol. The molecule has 1 saturated carbocycles. The van der Waals surface area contributed by atoms with Crippen molar-refractivity contribution in [2.24, 2.45) is 5.92 Å². The molecule has 226 valence electrons. The number of piperazine rings is 1. The number of Topliss-reactive ketones (excluding diaryl/α,β-unsaturated/α-hetero) is 1. The van der Waals surface area contributed by atoms with Crippen LogP contribution in [0.4, 0.5) is 0 Å². The SMILES string of the molecule is C=CC(=O)N1CCN(C2NC(OCC3CCCN3C)NC3C(=O)[C@]4(CCc5cc(C)ccc5S4)CCC32)CC1CC#N. The Morgan fingerprint density at radius 3 is 2.86 bits per heavy atom. The van der Waals surface area contributed by atoms with E-state index < -0.39 is 11.1 Å². The average Bonchev–Trinajstić information content (AvgIpc) is 3.42. The lowest BCUT2D eigenvalue weighted by Crippen LogP contribution is -2.75. The fourth-order valence-electron chi connectivity index (χ4n) is 7.84. The van der Waals surface area contributed by atoms with Gasteiger partial charge in [0, 0.05) is 36.5 Å². The summed E-state index contributed by atoms with van der Waals surface area (Å²) >= 11 is 1.78. The second-order valence-corrected chi connectivity index (χ2v) is 14.2. The van der Waals surface area contributed by atoms with Crippen LogP contribution in [0.25, 0.3) is 0 Å². The Kier molecular flexibility index (Phi) is 8.79. The molecule has 7 atom stereocenters. The number of nitrogens with one attached hydrogen (secondary N) is 2. The highest BCUT2D eigenvalue weighted by Crippen LogP contribution is 2.51. The molecule has 1 aromatic carbocycles. The molecule has 1 aliphatic carbocycles. The van der Waals surface area contributed by atoms with Gasteiger partial charge in [-0.2, -0.15) is 5.26 Å². The number of thioether (sulfide) groups is 1. The van der Waals surface area contributed by atoms with E-state index in [0.29, 0.717) is 38.1 Å². The summed E-state index contributed by atoms with van der Waals surface area (Å²) in [5.74, 6) is 0.233. The Bertz CT molecular complexity index is 1250. The van der Waals surface area contributed by atoms with Crippen LogP contribution in [0.15, 0.2) is 35.7 Å². The molecule has 5 aliphatic rings. The van der Waals surface area contributed by atoms with Gasteiger partial charge in [0.15, 0.2) is 12.1 Å². The zero-order valence-electron chi connectivity index (χ0n) is 24.9. The minimum atomic E-state index is -0.449. The number of hydrogen-bond acceptors (Lipinski definition) is 9. The predicted molar refractivity (Wildman–Crippen MR) is 163 cm³/mol. The molecule has 9 nitrogen and oxygen atoms in total. The number of ketones is 1. The highest BCUT2D eigenvalue weighted by atomic mass is 32.2. The monoisotopic (exact) mass is 592 g/mol. The van der Waals surface area contributed by atoms with Gasteiger partial charge in [-0.3, -0.25) is 25.1 Å². The molecule has 3 saturated heterocycles. The Morgan fingerprint density at radius 2 is 2.10 bits per heavy atom. The zero-order chi connectivity index (χ0) is 29.4. The number of nitrogens with zero attached hydrogens (tertiary/aromatic N) is 4. The van der Waals surface area contributed by atoms with Gasteiger partial charge in [-0.15, -0.1) is 11.8 Å². The van der Waals surface area contributed by atoms with Crippen molar-refractivity contribution in [2.45, 2.75) is 92.2 Å². The minimum Gasteiger partial charge on any atom is -0.348 e. The third-order valence-electron chi connectivity index (χ3n) is 10.2. The van der Waals surface area contributed by atoms with Crippen LogP contribution in [0.3, 0.4) is 0 Å². The van der Waals surface area contributed by atoms with Gasteiger partial charge in [-0.05, 0) is 76.7 Å². The molecule has 1 aromatic rings. The van der Waals surface area contributed by atoms with Crippen molar-refractivity contribution < 1.29 is 14.3 Å². The first-order chi connectivity index (χ1) is 20.3. The number of nitriles is 1. The number of fused-ring (bicyclic) bond motifs is 2. The molecule has 10 heteroatoms. The highest BCUT2D eigenvalue weighted by Gasteiger charge is 2.55. The van der Waals surface area contributed by atoms with E-state index in [0.717, 1.165) is 38.6 Å². The van der Waals surface area contributed by atoms with Gasteiger partial charge in [0.1, 0.15) is 0 Å². The number of likely N-dealkylation sites (N-methyl/N-ethyl adjacent to an activating group) is 1. The van der Waals surface area contributed by atoms with Crippen LogP contribution in [0.5, 0.6) is 0 Å². The standard InChI is InChI=1S/C32H44N6O3S/c1-4-27(39)38-17-16-37(19-23(38)11-14-33)30-25-10-13-32(12-9-22-18-21(2)7-8-26(22)42-32)29(40)28(25)34-31(35-30)41-20-24-6-5-15-36(24)3/h4,7-8,18,23-25,28,30-31,34-35H,1,5-6,9-13,15-17,19-20H2,2-3H3/t23?,24?,25?,28?,30?,31?,32-/m0/s1. The lowest BCUT2D eigenvalue weighted by Gasteiger charge is -2.55. The Balaban J connectivity index is 1.24. The third kappa shape index (κ3) is 5.68. The maximum Gasteiger partial charge on any atom is 0.246 e. The zero-order valence-corrected chi connectivity index (χ0v) is 25.7. The number of ether oxygens (including phenoxy) is 1. The molecule has 0 radical (unpaired) electrons. The molecule has 4 fully saturated rings. The van der Waals surface area contributed by atoms with Crippen LogP contribution in [-0.2, 0) is 20.7 Å². The van der Waals surface area contributed by atoms with Crippen LogP contribution in [0, 0.1) is 24.2 Å². The maximum atomic E-state index is 14.5. The Labute approximate surface area is 254 Å². The Morgan fingerprint density at radius 1 is 1.24 bits per heavy atom. The van der Waals surface area contributed by atoms with E-state index in [-0.39, 0.29) is 36.5 Å². The fourth-order valence-corrected chi connectivity index (χ4v) is 9.34. The molecule has 2 N–H and O–H groups in total. The molecule has 4 heterocycles. The van der Waals surface area contributed by atoms with Crippen LogP contribution in [0.1, 0.15) is 49.7 Å². The molecule has 6 rings (SSSR count). The first-order valence-electron chi connectivity index (χ1n) is 15.5. The second-order valence-electron chi connectivity index (χ2n) is 12.8. The largest absolute Gasteiger partial charge is 0.348 e. The highest BCUT2D eigenvalue weighted by molar-refractivity contribution is 8.01. The molecule has 42 heavy (non-hydrogen) atoms. The van der Waals surface area contributed by atoms with Crippen molar-refractivity contribution in [3.8, 4) is 6.07 Å². The molecule has 6 unspecified atom stereocenters. The third-order valence-corrected chi connectivity index (χ3v) is 11.9. The van der Waals surface area contributed by atoms with Gasteiger partial charge in [0.2, 0.25) is 5.91 Å². The summed E-state index contributed by atoms with van der Waals surface area (Å²) in [4.78, 5) is 34.8. The summed E-state index contributed by atoms with van der Waals surface area (Å²) in [5, 5.41) is 16.9. The first kappa shape index (κ1) is 29.8. The van der Waals surface area contributed by atoms with Gasteiger partial charge in [0.05, 0.1) is 42.1 Å². The van der Waals surface area contributed by atoms with Gasteiger partial charge < -0.3 is 14.5 Å². The maximum absolute atomic E-state index is 14.5. The lowest BCUT2D eigenvalue weighted by molar-refractivity contribution is -0.145. The smallest absolute Gasteiger partial charge is 0.246 e. The summed E-state index contributed by atoms with van der Waals surface area (Å²) < 4.78 is 6.05. The summed E-state index contributed by atoms with van der Waals surface area (Å²) in [6.45, 7) is 9.25.